The van der Waals surface area contributed by atoms with Crippen LogP contribution in [0.3, 0.4) is 0 Å². The molecule has 0 bridgehead atoms. The lowest BCUT2D eigenvalue weighted by Gasteiger charge is -2.21. The Labute approximate surface area is 89.1 Å². The van der Waals surface area contributed by atoms with Crippen molar-refractivity contribution in [1.82, 2.24) is 0 Å². The molecule has 1 aromatic rings. The van der Waals surface area contributed by atoms with Gasteiger partial charge in [0.05, 0.1) is 5.02 Å². The van der Waals surface area contributed by atoms with Gasteiger partial charge in [-0.1, -0.05) is 31.5 Å². The average molecular weight is 215 g/mol. The van der Waals surface area contributed by atoms with E-state index in [0.717, 1.165) is 12.0 Å². The highest BCUT2D eigenvalue weighted by Crippen LogP contribution is 2.27. The molecule has 0 unspecified atom stereocenters. The first-order chi connectivity index (χ1) is 6.44. The minimum Gasteiger partial charge on any atom is -0.506 e. The van der Waals surface area contributed by atoms with Crippen LogP contribution in [-0.4, -0.2) is 16.8 Å². The van der Waals surface area contributed by atoms with Crippen LogP contribution in [0.4, 0.5) is 0 Å². The molecule has 78 valence electrons. The zero-order valence-corrected chi connectivity index (χ0v) is 9.17. The number of aliphatic hydroxyl groups is 1. The summed E-state index contributed by atoms with van der Waals surface area (Å²) in [4.78, 5) is 0. The molecule has 0 heterocycles. The third-order valence-electron chi connectivity index (χ3n) is 2.12. The Kier molecular flexibility index (Phi) is 3.40. The molecule has 0 spiro atoms. The molecule has 0 fully saturated rings. The number of phenols is 1. The minimum atomic E-state index is -0.152. The van der Waals surface area contributed by atoms with Crippen LogP contribution in [0.15, 0.2) is 18.2 Å². The predicted molar refractivity (Wildman–Crippen MR) is 57.7 cm³/mol. The van der Waals surface area contributed by atoms with Gasteiger partial charge in [-0.3, -0.25) is 0 Å². The Bertz CT molecular complexity index is 321. The maximum atomic E-state index is 9.22. The van der Waals surface area contributed by atoms with E-state index in [0.29, 0.717) is 5.02 Å². The number of hydrogen-bond acceptors (Lipinski definition) is 2. The first kappa shape index (κ1) is 11.3. The summed E-state index contributed by atoms with van der Waals surface area (Å²) >= 11 is 5.77. The van der Waals surface area contributed by atoms with E-state index in [2.05, 4.69) is 0 Å². The van der Waals surface area contributed by atoms with E-state index in [4.69, 9.17) is 16.7 Å². The van der Waals surface area contributed by atoms with E-state index >= 15 is 0 Å². The SMILES string of the molecule is CC(C)(CO)Cc1ccc(O)c(Cl)c1. The molecule has 0 aliphatic carbocycles. The van der Waals surface area contributed by atoms with Gasteiger partial charge in [0, 0.05) is 6.61 Å². The largest absolute Gasteiger partial charge is 0.506 e. The van der Waals surface area contributed by atoms with Crippen LogP contribution in [0, 0.1) is 5.41 Å². The normalized spacial score (nSPS) is 11.7. The van der Waals surface area contributed by atoms with Crippen molar-refractivity contribution in [1.29, 1.82) is 0 Å². The molecule has 0 aliphatic heterocycles. The molecular formula is C11H15ClO2. The van der Waals surface area contributed by atoms with Crippen molar-refractivity contribution < 1.29 is 10.2 Å². The molecule has 0 aromatic heterocycles. The maximum absolute atomic E-state index is 9.22. The molecule has 0 amide bonds. The van der Waals surface area contributed by atoms with Crippen molar-refractivity contribution >= 4 is 11.6 Å². The van der Waals surface area contributed by atoms with E-state index in [9.17, 15) is 5.11 Å². The zero-order chi connectivity index (χ0) is 10.8. The van der Waals surface area contributed by atoms with Gasteiger partial charge in [-0.05, 0) is 29.5 Å². The summed E-state index contributed by atoms with van der Waals surface area (Å²) < 4.78 is 0. The molecule has 1 rings (SSSR count). The van der Waals surface area contributed by atoms with Gasteiger partial charge in [0.1, 0.15) is 5.75 Å². The van der Waals surface area contributed by atoms with E-state index in [1.165, 1.54) is 0 Å². The summed E-state index contributed by atoms with van der Waals surface area (Å²) in [7, 11) is 0. The van der Waals surface area contributed by atoms with Crippen LogP contribution in [0.2, 0.25) is 5.02 Å². The molecule has 14 heavy (non-hydrogen) atoms. The molecule has 1 aromatic carbocycles. The van der Waals surface area contributed by atoms with Crippen LogP contribution >= 0.6 is 11.6 Å². The van der Waals surface area contributed by atoms with Gasteiger partial charge in [-0.15, -0.1) is 0 Å². The number of benzene rings is 1. The first-order valence-corrected chi connectivity index (χ1v) is 4.91. The van der Waals surface area contributed by atoms with E-state index in [1.54, 1.807) is 12.1 Å². The van der Waals surface area contributed by atoms with Crippen LogP contribution in [-0.2, 0) is 6.42 Å². The molecular weight excluding hydrogens is 200 g/mol. The lowest BCUT2D eigenvalue weighted by Crippen LogP contribution is -2.19. The molecule has 0 radical (unpaired) electrons. The second-order valence-corrected chi connectivity index (χ2v) is 4.69. The van der Waals surface area contributed by atoms with Gasteiger partial charge in [-0.25, -0.2) is 0 Å². The minimum absolute atomic E-state index is 0.0946. The third-order valence-corrected chi connectivity index (χ3v) is 2.43. The fraction of sp³-hybridized carbons (Fsp3) is 0.455. The molecule has 0 atom stereocenters. The Hall–Kier alpha value is -0.730. The number of hydrogen-bond donors (Lipinski definition) is 2. The third kappa shape index (κ3) is 2.89. The maximum Gasteiger partial charge on any atom is 0.134 e. The fourth-order valence-electron chi connectivity index (χ4n) is 1.27. The van der Waals surface area contributed by atoms with Crippen LogP contribution in [0.1, 0.15) is 19.4 Å². The number of aromatic hydroxyl groups is 1. The second kappa shape index (κ2) is 4.20. The van der Waals surface area contributed by atoms with Gasteiger partial charge in [0.15, 0.2) is 0 Å². The first-order valence-electron chi connectivity index (χ1n) is 4.53. The van der Waals surface area contributed by atoms with Crippen molar-refractivity contribution in [3.05, 3.63) is 28.8 Å². The predicted octanol–water partition coefficient (Wildman–Crippen LogP) is 2.61. The Morgan fingerprint density at radius 1 is 1.36 bits per heavy atom. The number of phenolic OH excluding ortho intramolecular Hbond substituents is 1. The standard InChI is InChI=1S/C11H15ClO2/c1-11(2,7-13)6-8-3-4-10(14)9(12)5-8/h3-5,13-14H,6-7H2,1-2H3. The van der Waals surface area contributed by atoms with E-state index < -0.39 is 0 Å². The van der Waals surface area contributed by atoms with Gasteiger partial charge in [0.25, 0.3) is 0 Å². The Morgan fingerprint density at radius 3 is 2.50 bits per heavy atom. The van der Waals surface area contributed by atoms with Crippen molar-refractivity contribution in [2.45, 2.75) is 20.3 Å². The molecule has 2 nitrogen and oxygen atoms in total. The van der Waals surface area contributed by atoms with E-state index in [-0.39, 0.29) is 17.8 Å². The fourth-order valence-corrected chi connectivity index (χ4v) is 1.47. The molecule has 3 heteroatoms. The number of aliphatic hydroxyl groups excluding tert-OH is 1. The van der Waals surface area contributed by atoms with Gasteiger partial charge < -0.3 is 10.2 Å². The highest BCUT2D eigenvalue weighted by atomic mass is 35.5. The highest BCUT2D eigenvalue weighted by Gasteiger charge is 2.17. The quantitative estimate of drug-likeness (QED) is 0.812. The lowest BCUT2D eigenvalue weighted by atomic mass is 9.87. The van der Waals surface area contributed by atoms with Crippen LogP contribution in [0.5, 0.6) is 5.75 Å². The Balaban J connectivity index is 2.83. The van der Waals surface area contributed by atoms with E-state index in [1.807, 2.05) is 19.9 Å². The lowest BCUT2D eigenvalue weighted by molar-refractivity contribution is 0.159. The summed E-state index contributed by atoms with van der Waals surface area (Å²) in [5, 5.41) is 18.7. The smallest absolute Gasteiger partial charge is 0.134 e. The van der Waals surface area contributed by atoms with Crippen molar-refractivity contribution in [2.24, 2.45) is 5.41 Å². The molecule has 0 aliphatic rings. The second-order valence-electron chi connectivity index (χ2n) is 4.28. The molecule has 2 N–H and O–H groups in total. The highest BCUT2D eigenvalue weighted by molar-refractivity contribution is 6.32. The summed E-state index contributed by atoms with van der Waals surface area (Å²) in [5.74, 6) is 0.0946. The summed E-state index contributed by atoms with van der Waals surface area (Å²) in [6.45, 7) is 4.09. The molecule has 0 saturated heterocycles. The Morgan fingerprint density at radius 2 is 2.00 bits per heavy atom. The van der Waals surface area contributed by atoms with Crippen molar-refractivity contribution in [3.8, 4) is 5.75 Å². The van der Waals surface area contributed by atoms with Gasteiger partial charge in [-0.2, -0.15) is 0 Å². The van der Waals surface area contributed by atoms with Crippen LogP contribution in [0.25, 0.3) is 0 Å². The molecule has 0 saturated carbocycles. The summed E-state index contributed by atoms with van der Waals surface area (Å²) in [6.07, 6.45) is 0.740. The van der Waals surface area contributed by atoms with Crippen LogP contribution < -0.4 is 0 Å². The van der Waals surface area contributed by atoms with Gasteiger partial charge >= 0.3 is 0 Å². The topological polar surface area (TPSA) is 40.5 Å². The monoisotopic (exact) mass is 214 g/mol. The summed E-state index contributed by atoms with van der Waals surface area (Å²) in [5.41, 5.74) is 0.868. The summed E-state index contributed by atoms with van der Waals surface area (Å²) in [6, 6.07) is 5.12. The van der Waals surface area contributed by atoms with Gasteiger partial charge in [0.2, 0.25) is 0 Å². The zero-order valence-electron chi connectivity index (χ0n) is 8.42. The number of rotatable bonds is 3. The number of halogens is 1. The van der Waals surface area contributed by atoms with Crippen molar-refractivity contribution in [2.75, 3.05) is 6.61 Å². The van der Waals surface area contributed by atoms with Crippen molar-refractivity contribution in [3.63, 3.8) is 0 Å². The average Bonchev–Trinajstić information content (AvgIpc) is 2.11.